The quantitative estimate of drug-likeness (QED) is 0.535. The van der Waals surface area contributed by atoms with Crippen molar-refractivity contribution in [1.29, 1.82) is 0 Å². The predicted octanol–water partition coefficient (Wildman–Crippen LogP) is 3.95. The van der Waals surface area contributed by atoms with E-state index in [0.29, 0.717) is 0 Å². The van der Waals surface area contributed by atoms with Gasteiger partial charge in [0.05, 0.1) is 0 Å². The van der Waals surface area contributed by atoms with E-state index in [-0.39, 0.29) is 0 Å². The lowest BCUT2D eigenvalue weighted by molar-refractivity contribution is 0.698. The highest BCUT2D eigenvalue weighted by molar-refractivity contribution is 5.10. The zero-order valence-corrected chi connectivity index (χ0v) is 8.22. The summed E-state index contributed by atoms with van der Waals surface area (Å²) in [6.45, 7) is 8.81. The molecule has 0 bridgehead atoms. The molecule has 0 aromatic rings. The summed E-state index contributed by atoms with van der Waals surface area (Å²) >= 11 is 0. The van der Waals surface area contributed by atoms with Gasteiger partial charge in [-0.25, -0.2) is 0 Å². The van der Waals surface area contributed by atoms with E-state index < -0.39 is 0 Å². The first kappa shape index (κ1) is 10.5. The zero-order valence-electron chi connectivity index (χ0n) is 8.22. The lowest BCUT2D eigenvalue weighted by Gasteiger charge is -1.97. The molecule has 0 saturated heterocycles. The van der Waals surface area contributed by atoms with Crippen LogP contribution in [0.3, 0.4) is 0 Å². The van der Waals surface area contributed by atoms with Crippen LogP contribution in [0, 0.1) is 5.92 Å². The molecule has 11 heavy (non-hydrogen) atoms. The Balaban J connectivity index is 3.75. The largest absolute Gasteiger partial charge is 0.0817 e. The van der Waals surface area contributed by atoms with Crippen LogP contribution in [0.15, 0.2) is 23.8 Å². The fraction of sp³-hybridized carbons (Fsp3) is 0.636. The van der Waals surface area contributed by atoms with Crippen molar-refractivity contribution in [3.05, 3.63) is 23.8 Å². The molecule has 0 aromatic heterocycles. The van der Waals surface area contributed by atoms with Crippen LogP contribution in [0.4, 0.5) is 0 Å². The molecule has 0 heteroatoms. The van der Waals surface area contributed by atoms with Crippen LogP contribution >= 0.6 is 0 Å². The van der Waals surface area contributed by atoms with Gasteiger partial charge in [-0.05, 0) is 19.3 Å². The van der Waals surface area contributed by atoms with Gasteiger partial charge in [0, 0.05) is 0 Å². The van der Waals surface area contributed by atoms with Crippen LogP contribution in [-0.2, 0) is 0 Å². The van der Waals surface area contributed by atoms with E-state index >= 15 is 0 Å². The maximum atomic E-state index is 2.26. The van der Waals surface area contributed by atoms with Crippen molar-refractivity contribution < 1.29 is 0 Å². The van der Waals surface area contributed by atoms with Crippen LogP contribution in [0.1, 0.15) is 40.5 Å². The van der Waals surface area contributed by atoms with Crippen LogP contribution in [0.5, 0.6) is 0 Å². The average Bonchev–Trinajstić information content (AvgIpc) is 2.04. The normalized spacial score (nSPS) is 15.8. The van der Waals surface area contributed by atoms with Crippen molar-refractivity contribution in [2.75, 3.05) is 0 Å². The maximum Gasteiger partial charge on any atom is -0.0261 e. The Kier molecular flexibility index (Phi) is 5.91. The first-order valence-corrected chi connectivity index (χ1v) is 4.54. The highest BCUT2D eigenvalue weighted by Crippen LogP contribution is 2.03. The van der Waals surface area contributed by atoms with Gasteiger partial charge in [0.1, 0.15) is 0 Å². The molecule has 0 nitrogen and oxygen atoms in total. The second-order valence-corrected chi connectivity index (χ2v) is 3.14. The molecular formula is C11H20. The molecule has 0 rings (SSSR count). The molecule has 0 aliphatic carbocycles. The molecular weight excluding hydrogens is 132 g/mol. The second kappa shape index (κ2) is 6.21. The minimum atomic E-state index is 0.718. The minimum Gasteiger partial charge on any atom is -0.0817 e. The van der Waals surface area contributed by atoms with Gasteiger partial charge >= 0.3 is 0 Å². The summed E-state index contributed by atoms with van der Waals surface area (Å²) in [5, 5.41) is 0. The monoisotopic (exact) mass is 152 g/mol. The lowest BCUT2D eigenvalue weighted by atomic mass is 10.1. The molecule has 0 aliphatic heterocycles. The van der Waals surface area contributed by atoms with Crippen LogP contribution in [0.25, 0.3) is 0 Å². The van der Waals surface area contributed by atoms with E-state index in [9.17, 15) is 0 Å². The molecule has 0 radical (unpaired) electrons. The molecule has 1 atom stereocenters. The summed E-state index contributed by atoms with van der Waals surface area (Å²) < 4.78 is 0. The van der Waals surface area contributed by atoms with E-state index in [4.69, 9.17) is 0 Å². The summed E-state index contributed by atoms with van der Waals surface area (Å²) in [4.78, 5) is 0. The molecule has 0 spiro atoms. The topological polar surface area (TPSA) is 0 Å². The summed E-state index contributed by atoms with van der Waals surface area (Å²) in [5.74, 6) is 0.718. The van der Waals surface area contributed by atoms with Crippen LogP contribution in [-0.4, -0.2) is 0 Å². The Bertz CT molecular complexity index is 140. The number of rotatable bonds is 4. The third kappa shape index (κ3) is 5.90. The van der Waals surface area contributed by atoms with Crippen molar-refractivity contribution in [1.82, 2.24) is 0 Å². The Labute approximate surface area is 71.0 Å². The van der Waals surface area contributed by atoms with E-state index in [0.717, 1.165) is 12.3 Å². The summed E-state index contributed by atoms with van der Waals surface area (Å²) in [6, 6.07) is 0. The van der Waals surface area contributed by atoms with Gasteiger partial charge in [-0.2, -0.15) is 0 Å². The van der Waals surface area contributed by atoms with Gasteiger partial charge in [0.2, 0.25) is 0 Å². The first-order chi connectivity index (χ1) is 5.20. The predicted molar refractivity (Wildman–Crippen MR) is 52.6 cm³/mol. The van der Waals surface area contributed by atoms with Gasteiger partial charge < -0.3 is 0 Å². The zero-order chi connectivity index (χ0) is 8.69. The van der Waals surface area contributed by atoms with Crippen molar-refractivity contribution in [2.24, 2.45) is 5.92 Å². The van der Waals surface area contributed by atoms with Crippen LogP contribution < -0.4 is 0 Å². The number of allylic oxidation sites excluding steroid dienone is 4. The van der Waals surface area contributed by atoms with Crippen molar-refractivity contribution in [2.45, 2.75) is 40.5 Å². The Hall–Kier alpha value is -0.520. The summed E-state index contributed by atoms with van der Waals surface area (Å²) in [5.41, 5.74) is 1.45. The van der Waals surface area contributed by atoms with Crippen molar-refractivity contribution >= 4 is 0 Å². The van der Waals surface area contributed by atoms with E-state index in [1.165, 1.54) is 12.0 Å². The Morgan fingerprint density at radius 2 is 2.00 bits per heavy atom. The summed E-state index contributed by atoms with van der Waals surface area (Å²) in [6.07, 6.45) is 9.03. The second-order valence-electron chi connectivity index (χ2n) is 3.14. The van der Waals surface area contributed by atoms with Gasteiger partial charge in [-0.15, -0.1) is 0 Å². The first-order valence-electron chi connectivity index (χ1n) is 4.54. The fourth-order valence-corrected chi connectivity index (χ4v) is 0.663. The van der Waals surface area contributed by atoms with Gasteiger partial charge in [0.25, 0.3) is 0 Å². The fourth-order valence-electron chi connectivity index (χ4n) is 0.663. The molecule has 0 fully saturated rings. The van der Waals surface area contributed by atoms with Gasteiger partial charge in [-0.1, -0.05) is 51.0 Å². The highest BCUT2D eigenvalue weighted by Gasteiger charge is 1.88. The van der Waals surface area contributed by atoms with Crippen LogP contribution in [0.2, 0.25) is 0 Å². The number of hydrogen-bond acceptors (Lipinski definition) is 0. The van der Waals surface area contributed by atoms with E-state index in [1.54, 1.807) is 0 Å². The molecule has 0 amide bonds. The third-order valence-electron chi connectivity index (χ3n) is 2.02. The molecule has 0 N–H and O–H groups in total. The SMILES string of the molecule is CC/C(C)=C\C=C/C(C)CC. The molecule has 1 unspecified atom stereocenters. The third-order valence-corrected chi connectivity index (χ3v) is 2.02. The Morgan fingerprint density at radius 3 is 2.45 bits per heavy atom. The molecule has 0 aromatic carbocycles. The molecule has 64 valence electrons. The lowest BCUT2D eigenvalue weighted by Crippen LogP contribution is -1.82. The smallest absolute Gasteiger partial charge is 0.0261 e. The van der Waals surface area contributed by atoms with E-state index in [1.807, 2.05) is 0 Å². The number of hydrogen-bond donors (Lipinski definition) is 0. The average molecular weight is 152 g/mol. The minimum absolute atomic E-state index is 0.718. The standard InChI is InChI=1S/C11H20/c1-5-10(3)8-7-9-11(4)6-2/h7-10H,5-6H2,1-4H3/b8-7-,11-9-. The van der Waals surface area contributed by atoms with E-state index in [2.05, 4.69) is 45.9 Å². The van der Waals surface area contributed by atoms with Crippen molar-refractivity contribution in [3.8, 4) is 0 Å². The Morgan fingerprint density at radius 1 is 1.36 bits per heavy atom. The highest BCUT2D eigenvalue weighted by atomic mass is 13.9. The van der Waals surface area contributed by atoms with Gasteiger partial charge in [0.15, 0.2) is 0 Å². The summed E-state index contributed by atoms with van der Waals surface area (Å²) in [7, 11) is 0. The van der Waals surface area contributed by atoms with Crippen molar-refractivity contribution in [3.63, 3.8) is 0 Å². The molecule has 0 aliphatic rings. The molecule has 0 heterocycles. The molecule has 0 saturated carbocycles. The van der Waals surface area contributed by atoms with Gasteiger partial charge in [-0.3, -0.25) is 0 Å². The maximum absolute atomic E-state index is 2.26.